The van der Waals surface area contributed by atoms with Crippen LogP contribution in [0.25, 0.3) is 6.08 Å². The average Bonchev–Trinajstić information content (AvgIpc) is 3.13. The van der Waals surface area contributed by atoms with Gasteiger partial charge in [-0.1, -0.05) is 35.6 Å². The molecule has 0 N–H and O–H groups in total. The Morgan fingerprint density at radius 1 is 1.12 bits per heavy atom. The first-order chi connectivity index (χ1) is 16.4. The van der Waals surface area contributed by atoms with Crippen LogP contribution >= 0.6 is 11.3 Å². The van der Waals surface area contributed by atoms with Gasteiger partial charge in [0.1, 0.15) is 11.5 Å². The molecule has 0 fully saturated rings. The molecule has 34 heavy (non-hydrogen) atoms. The van der Waals surface area contributed by atoms with Crippen molar-refractivity contribution in [3.63, 3.8) is 0 Å². The molecule has 1 aromatic heterocycles. The van der Waals surface area contributed by atoms with Crippen LogP contribution in [0.15, 0.2) is 63.5 Å². The number of carbonyl (C=O) groups excluding carboxylic acids is 1. The van der Waals surface area contributed by atoms with Gasteiger partial charge in [-0.2, -0.15) is 0 Å². The Morgan fingerprint density at radius 2 is 1.85 bits per heavy atom. The van der Waals surface area contributed by atoms with Crippen LogP contribution in [-0.2, 0) is 9.53 Å². The van der Waals surface area contributed by atoms with E-state index in [0.717, 1.165) is 22.4 Å². The van der Waals surface area contributed by atoms with Crippen molar-refractivity contribution in [3.05, 3.63) is 90.1 Å². The molecule has 1 aliphatic heterocycles. The van der Waals surface area contributed by atoms with E-state index in [2.05, 4.69) is 4.99 Å². The van der Waals surface area contributed by atoms with E-state index in [0.29, 0.717) is 26.4 Å². The van der Waals surface area contributed by atoms with Crippen molar-refractivity contribution in [1.29, 1.82) is 0 Å². The monoisotopic (exact) mass is 478 g/mol. The van der Waals surface area contributed by atoms with E-state index < -0.39 is 12.0 Å². The predicted octanol–water partition coefficient (Wildman–Crippen LogP) is 3.12. The zero-order valence-corrected chi connectivity index (χ0v) is 20.6. The summed E-state index contributed by atoms with van der Waals surface area (Å²) in [5.41, 5.74) is 3.28. The molecule has 0 bridgehead atoms. The van der Waals surface area contributed by atoms with Crippen LogP contribution < -0.4 is 24.4 Å². The summed E-state index contributed by atoms with van der Waals surface area (Å²) in [6.07, 6.45) is 1.82. The highest BCUT2D eigenvalue weighted by molar-refractivity contribution is 7.07. The number of thiazole rings is 1. The van der Waals surface area contributed by atoms with Crippen molar-refractivity contribution in [1.82, 2.24) is 4.57 Å². The number of rotatable bonds is 6. The molecule has 1 aliphatic rings. The van der Waals surface area contributed by atoms with Gasteiger partial charge < -0.3 is 14.2 Å². The molecule has 0 saturated heterocycles. The molecular formula is C26H26N2O5S. The smallest absolute Gasteiger partial charge is 0.338 e. The number of aromatic nitrogens is 1. The van der Waals surface area contributed by atoms with E-state index >= 15 is 0 Å². The van der Waals surface area contributed by atoms with E-state index in [1.54, 1.807) is 32.6 Å². The number of fused-ring (bicyclic) bond motifs is 1. The molecule has 8 heteroatoms. The molecule has 2 aromatic carbocycles. The van der Waals surface area contributed by atoms with E-state index in [1.165, 1.54) is 11.3 Å². The van der Waals surface area contributed by atoms with Gasteiger partial charge in [-0.05, 0) is 61.7 Å². The Bertz CT molecular complexity index is 1450. The second kappa shape index (κ2) is 9.69. The van der Waals surface area contributed by atoms with Crippen LogP contribution in [0.5, 0.6) is 11.5 Å². The molecular weight excluding hydrogens is 452 g/mol. The minimum absolute atomic E-state index is 0.224. The summed E-state index contributed by atoms with van der Waals surface area (Å²) in [5.74, 6) is 0.947. The molecule has 4 rings (SSSR count). The van der Waals surface area contributed by atoms with Crippen molar-refractivity contribution in [2.75, 3.05) is 20.8 Å². The Morgan fingerprint density at radius 3 is 2.50 bits per heavy atom. The maximum Gasteiger partial charge on any atom is 0.338 e. The average molecular weight is 479 g/mol. The lowest BCUT2D eigenvalue weighted by Gasteiger charge is -2.24. The maximum absolute atomic E-state index is 13.6. The molecule has 7 nitrogen and oxygen atoms in total. The number of esters is 1. The lowest BCUT2D eigenvalue weighted by Crippen LogP contribution is -2.39. The standard InChI is InChI=1S/C26H26N2O5S/c1-6-33-25(30)22-16(3)27-26-28(23(22)18-9-11-19(31-4)12-10-18)24(29)21(34-26)14-17-8-7-15(2)20(13-17)32-5/h7-14,23H,6H2,1-5H3/b21-14-/t23-/m0/s1. The second-order valence-electron chi connectivity index (χ2n) is 7.80. The second-order valence-corrected chi connectivity index (χ2v) is 8.81. The van der Waals surface area contributed by atoms with Crippen LogP contribution in [0.4, 0.5) is 0 Å². The summed E-state index contributed by atoms with van der Waals surface area (Å²) >= 11 is 1.29. The van der Waals surface area contributed by atoms with Gasteiger partial charge in [0.15, 0.2) is 4.80 Å². The fraction of sp³-hybridized carbons (Fsp3) is 0.269. The normalized spacial score (nSPS) is 15.6. The Kier molecular flexibility index (Phi) is 6.70. The van der Waals surface area contributed by atoms with Crippen molar-refractivity contribution in [2.45, 2.75) is 26.8 Å². The first-order valence-electron chi connectivity index (χ1n) is 10.9. The fourth-order valence-corrected chi connectivity index (χ4v) is 5.02. The highest BCUT2D eigenvalue weighted by Crippen LogP contribution is 2.31. The SMILES string of the molecule is CCOC(=O)C1=C(C)N=c2s/c(=C\c3ccc(C)c(OC)c3)c(=O)n2[C@H]1c1ccc(OC)cc1. The number of benzene rings is 2. The van der Waals surface area contributed by atoms with Gasteiger partial charge in [-0.25, -0.2) is 9.79 Å². The summed E-state index contributed by atoms with van der Waals surface area (Å²) in [7, 11) is 3.21. The van der Waals surface area contributed by atoms with Crippen LogP contribution in [0.3, 0.4) is 0 Å². The van der Waals surface area contributed by atoms with Gasteiger partial charge in [-0.3, -0.25) is 9.36 Å². The number of hydrogen-bond donors (Lipinski definition) is 0. The Balaban J connectivity index is 1.93. The third-order valence-corrected chi connectivity index (χ3v) is 6.66. The molecule has 1 atom stereocenters. The summed E-state index contributed by atoms with van der Waals surface area (Å²) < 4.78 is 18.1. The van der Waals surface area contributed by atoms with E-state index in [-0.39, 0.29) is 12.2 Å². The van der Waals surface area contributed by atoms with Crippen LogP contribution in [0.2, 0.25) is 0 Å². The molecule has 0 spiro atoms. The maximum atomic E-state index is 13.6. The summed E-state index contributed by atoms with van der Waals surface area (Å²) in [5, 5.41) is 0. The van der Waals surface area contributed by atoms with Crippen LogP contribution in [-0.4, -0.2) is 31.4 Å². The van der Waals surface area contributed by atoms with Gasteiger partial charge >= 0.3 is 5.97 Å². The van der Waals surface area contributed by atoms with Crippen LogP contribution in [0.1, 0.15) is 36.6 Å². The fourth-order valence-electron chi connectivity index (χ4n) is 3.97. The number of nitrogens with zero attached hydrogens (tertiary/aromatic N) is 2. The molecule has 0 aliphatic carbocycles. The highest BCUT2D eigenvalue weighted by Gasteiger charge is 2.33. The minimum atomic E-state index is -0.657. The van der Waals surface area contributed by atoms with Crippen molar-refractivity contribution in [3.8, 4) is 11.5 Å². The lowest BCUT2D eigenvalue weighted by molar-refractivity contribution is -0.139. The molecule has 2 heterocycles. The molecule has 0 saturated carbocycles. The van der Waals surface area contributed by atoms with Gasteiger partial charge in [0.05, 0.1) is 42.7 Å². The van der Waals surface area contributed by atoms with Crippen molar-refractivity contribution < 1.29 is 19.0 Å². The quantitative estimate of drug-likeness (QED) is 0.509. The third kappa shape index (κ3) is 4.28. The number of allylic oxidation sites excluding steroid dienone is 1. The number of methoxy groups -OCH3 is 2. The van der Waals surface area contributed by atoms with Gasteiger partial charge in [-0.15, -0.1) is 0 Å². The predicted molar refractivity (Wildman–Crippen MR) is 131 cm³/mol. The lowest BCUT2D eigenvalue weighted by atomic mass is 9.96. The first-order valence-corrected chi connectivity index (χ1v) is 11.7. The van der Waals surface area contributed by atoms with Crippen LogP contribution in [0, 0.1) is 6.92 Å². The summed E-state index contributed by atoms with van der Waals surface area (Å²) in [6.45, 7) is 5.71. The van der Waals surface area contributed by atoms with Crippen molar-refractivity contribution in [2.24, 2.45) is 4.99 Å². The highest BCUT2D eigenvalue weighted by atomic mass is 32.1. The number of carbonyl (C=O) groups is 1. The molecule has 176 valence electrons. The minimum Gasteiger partial charge on any atom is -0.497 e. The van der Waals surface area contributed by atoms with Gasteiger partial charge in [0.25, 0.3) is 5.56 Å². The van der Waals surface area contributed by atoms with E-state index in [4.69, 9.17) is 14.2 Å². The largest absolute Gasteiger partial charge is 0.497 e. The molecule has 0 amide bonds. The zero-order chi connectivity index (χ0) is 24.4. The van der Waals surface area contributed by atoms with E-state index in [1.807, 2.05) is 55.5 Å². The summed E-state index contributed by atoms with van der Waals surface area (Å²) in [6, 6.07) is 12.4. The number of hydrogen-bond acceptors (Lipinski definition) is 7. The Labute approximate surface area is 201 Å². The number of ether oxygens (including phenoxy) is 3. The molecule has 3 aromatic rings. The summed E-state index contributed by atoms with van der Waals surface area (Å²) in [4.78, 5) is 31.7. The number of aryl methyl sites for hydroxylation is 1. The Hall–Kier alpha value is -3.65. The first kappa shape index (κ1) is 23.5. The molecule has 0 unspecified atom stereocenters. The van der Waals surface area contributed by atoms with Gasteiger partial charge in [0.2, 0.25) is 0 Å². The topological polar surface area (TPSA) is 79.1 Å². The van der Waals surface area contributed by atoms with E-state index in [9.17, 15) is 9.59 Å². The third-order valence-electron chi connectivity index (χ3n) is 5.68. The molecule has 0 radical (unpaired) electrons. The zero-order valence-electron chi connectivity index (χ0n) is 19.7. The van der Waals surface area contributed by atoms with Gasteiger partial charge in [0, 0.05) is 0 Å². The van der Waals surface area contributed by atoms with Crippen molar-refractivity contribution >= 4 is 23.4 Å².